The summed E-state index contributed by atoms with van der Waals surface area (Å²) >= 11 is 0. The molecule has 1 aromatic rings. The van der Waals surface area contributed by atoms with Gasteiger partial charge in [0.15, 0.2) is 9.84 Å². The summed E-state index contributed by atoms with van der Waals surface area (Å²) in [5, 5.41) is 13.8. The summed E-state index contributed by atoms with van der Waals surface area (Å²) in [5.41, 5.74) is 0.0699. The van der Waals surface area contributed by atoms with E-state index in [1.807, 2.05) is 31.2 Å². The summed E-state index contributed by atoms with van der Waals surface area (Å²) < 4.78 is 28.8. The molecule has 2 fully saturated rings. The van der Waals surface area contributed by atoms with Crippen LogP contribution in [0.4, 0.5) is 4.79 Å². The highest BCUT2D eigenvalue weighted by molar-refractivity contribution is 7.91. The zero-order valence-electron chi connectivity index (χ0n) is 15.8. The van der Waals surface area contributed by atoms with Gasteiger partial charge in [-0.15, -0.1) is 0 Å². The first-order chi connectivity index (χ1) is 12.7. The van der Waals surface area contributed by atoms with Gasteiger partial charge in [0, 0.05) is 25.6 Å². The molecule has 150 valence electrons. The molecule has 0 spiro atoms. The van der Waals surface area contributed by atoms with E-state index in [1.54, 1.807) is 12.0 Å². The molecule has 27 heavy (non-hydrogen) atoms. The third-order valence-corrected chi connectivity index (χ3v) is 7.54. The lowest BCUT2D eigenvalue weighted by atomic mass is 9.85. The largest absolute Gasteiger partial charge is 0.496 e. The van der Waals surface area contributed by atoms with Crippen LogP contribution in [0.2, 0.25) is 0 Å². The minimum Gasteiger partial charge on any atom is -0.496 e. The molecule has 1 aromatic carbocycles. The maximum absolute atomic E-state index is 12.5. The van der Waals surface area contributed by atoms with Crippen molar-refractivity contribution < 1.29 is 23.1 Å². The number of likely N-dealkylation sites (tertiary alicyclic amines) is 1. The van der Waals surface area contributed by atoms with E-state index >= 15 is 0 Å². The Kier molecular flexibility index (Phi) is 5.67. The van der Waals surface area contributed by atoms with Crippen LogP contribution >= 0.6 is 0 Å². The third-order valence-electron chi connectivity index (χ3n) is 5.64. The van der Waals surface area contributed by atoms with E-state index in [-0.39, 0.29) is 29.5 Å². The minimum atomic E-state index is -3.07. The van der Waals surface area contributed by atoms with Crippen LogP contribution in [0.15, 0.2) is 24.3 Å². The molecular weight excluding hydrogens is 368 g/mol. The van der Waals surface area contributed by atoms with Gasteiger partial charge in [-0.25, -0.2) is 13.2 Å². The SMILES string of the molecule is COc1ccccc1CC1(O)CCN(C(=O)N[C@@H]2CS(=O)(=O)C[C@@H]2C)CC1. The Morgan fingerprint density at radius 2 is 1.96 bits per heavy atom. The highest BCUT2D eigenvalue weighted by Crippen LogP contribution is 2.30. The Hall–Kier alpha value is -1.80. The van der Waals surface area contributed by atoms with Crippen LogP contribution in [0.3, 0.4) is 0 Å². The molecule has 0 unspecified atom stereocenters. The van der Waals surface area contributed by atoms with Gasteiger partial charge in [0.05, 0.1) is 24.2 Å². The predicted octanol–water partition coefficient (Wildman–Crippen LogP) is 1.21. The summed E-state index contributed by atoms with van der Waals surface area (Å²) in [4.78, 5) is 14.2. The fraction of sp³-hybridized carbons (Fsp3) is 0.632. The van der Waals surface area contributed by atoms with Crippen molar-refractivity contribution in [2.45, 2.75) is 37.8 Å². The molecule has 2 amide bonds. The number of carbonyl (C=O) groups is 1. The third kappa shape index (κ3) is 4.73. The van der Waals surface area contributed by atoms with E-state index in [0.717, 1.165) is 11.3 Å². The van der Waals surface area contributed by atoms with Crippen molar-refractivity contribution in [2.75, 3.05) is 31.7 Å². The van der Waals surface area contributed by atoms with Crippen molar-refractivity contribution in [3.63, 3.8) is 0 Å². The van der Waals surface area contributed by atoms with Crippen molar-refractivity contribution in [1.29, 1.82) is 0 Å². The number of para-hydroxylation sites is 1. The Balaban J connectivity index is 1.55. The molecule has 2 atom stereocenters. The number of rotatable bonds is 4. The lowest BCUT2D eigenvalue weighted by molar-refractivity contribution is -0.0122. The van der Waals surface area contributed by atoms with E-state index in [9.17, 15) is 18.3 Å². The lowest BCUT2D eigenvalue weighted by Crippen LogP contribution is -2.53. The molecule has 0 aliphatic carbocycles. The topological polar surface area (TPSA) is 95.9 Å². The van der Waals surface area contributed by atoms with E-state index in [4.69, 9.17) is 4.74 Å². The van der Waals surface area contributed by atoms with Crippen LogP contribution < -0.4 is 10.1 Å². The van der Waals surface area contributed by atoms with Gasteiger partial charge in [-0.1, -0.05) is 25.1 Å². The molecule has 0 radical (unpaired) electrons. The van der Waals surface area contributed by atoms with Crippen molar-refractivity contribution in [3.05, 3.63) is 29.8 Å². The number of sulfone groups is 1. The summed E-state index contributed by atoms with van der Waals surface area (Å²) in [6.45, 7) is 2.72. The summed E-state index contributed by atoms with van der Waals surface area (Å²) in [6.07, 6.45) is 1.42. The van der Waals surface area contributed by atoms with E-state index in [0.29, 0.717) is 32.4 Å². The normalized spacial score (nSPS) is 26.6. The number of piperidine rings is 1. The number of amides is 2. The number of nitrogens with one attached hydrogen (secondary N) is 1. The van der Waals surface area contributed by atoms with Gasteiger partial charge >= 0.3 is 6.03 Å². The van der Waals surface area contributed by atoms with Crippen molar-refractivity contribution in [2.24, 2.45) is 5.92 Å². The highest BCUT2D eigenvalue weighted by Gasteiger charge is 2.38. The van der Waals surface area contributed by atoms with Gasteiger partial charge in [0.1, 0.15) is 5.75 Å². The van der Waals surface area contributed by atoms with Gasteiger partial charge in [0.25, 0.3) is 0 Å². The second-order valence-corrected chi connectivity index (χ2v) is 9.96. The number of hydrogen-bond acceptors (Lipinski definition) is 5. The summed E-state index contributed by atoms with van der Waals surface area (Å²) in [6, 6.07) is 7.04. The van der Waals surface area contributed by atoms with Crippen molar-refractivity contribution in [3.8, 4) is 5.75 Å². The molecule has 0 aromatic heterocycles. The standard InChI is InChI=1S/C19H28N2O5S/c1-14-12-27(24,25)13-16(14)20-18(22)21-9-7-19(23,8-10-21)11-15-5-3-4-6-17(15)26-2/h3-6,14,16,23H,7-13H2,1-2H3,(H,20,22)/t14-,16+/m0/s1. The van der Waals surface area contributed by atoms with E-state index in [1.165, 1.54) is 0 Å². The molecule has 8 heteroatoms. The number of aliphatic hydroxyl groups is 1. The van der Waals surface area contributed by atoms with Crippen LogP contribution in [-0.2, 0) is 16.3 Å². The first-order valence-corrected chi connectivity index (χ1v) is 11.1. The molecule has 3 rings (SSSR count). The number of carbonyl (C=O) groups excluding carboxylic acids is 1. The van der Waals surface area contributed by atoms with Crippen molar-refractivity contribution >= 4 is 15.9 Å². The molecule has 2 saturated heterocycles. The van der Waals surface area contributed by atoms with Crippen molar-refractivity contribution in [1.82, 2.24) is 10.2 Å². The Bertz CT molecular complexity index is 787. The maximum Gasteiger partial charge on any atom is 0.317 e. The smallest absolute Gasteiger partial charge is 0.317 e. The average Bonchev–Trinajstić information content (AvgIpc) is 2.87. The van der Waals surface area contributed by atoms with Gasteiger partial charge in [-0.2, -0.15) is 0 Å². The molecule has 2 aliphatic heterocycles. The number of methoxy groups -OCH3 is 1. The monoisotopic (exact) mass is 396 g/mol. The number of ether oxygens (including phenoxy) is 1. The van der Waals surface area contributed by atoms with Gasteiger partial charge < -0.3 is 20.1 Å². The second-order valence-electron chi connectivity index (χ2n) is 7.81. The van der Waals surface area contributed by atoms with Crippen LogP contribution in [0, 0.1) is 5.92 Å². The molecule has 7 nitrogen and oxygen atoms in total. The number of nitrogens with zero attached hydrogens (tertiary/aromatic N) is 1. The number of hydrogen-bond donors (Lipinski definition) is 2. The van der Waals surface area contributed by atoms with Gasteiger partial charge in [0.2, 0.25) is 0 Å². The maximum atomic E-state index is 12.5. The minimum absolute atomic E-state index is 0.00544. The van der Waals surface area contributed by atoms with Crippen LogP contribution in [0.25, 0.3) is 0 Å². The molecule has 0 saturated carbocycles. The fourth-order valence-corrected chi connectivity index (χ4v) is 6.09. The van der Waals surface area contributed by atoms with Gasteiger partial charge in [-0.3, -0.25) is 0 Å². The summed E-state index contributed by atoms with van der Waals surface area (Å²) in [7, 11) is -1.45. The van der Waals surface area contributed by atoms with Crippen LogP contribution in [-0.4, -0.2) is 67.8 Å². The zero-order valence-corrected chi connectivity index (χ0v) is 16.7. The fourth-order valence-electron chi connectivity index (χ4n) is 3.96. The van der Waals surface area contributed by atoms with E-state index in [2.05, 4.69) is 5.32 Å². The Labute approximate surface area is 160 Å². The first kappa shape index (κ1) is 19.9. The molecule has 2 N–H and O–H groups in total. The van der Waals surface area contributed by atoms with Crippen LogP contribution in [0.1, 0.15) is 25.3 Å². The molecule has 2 aliphatic rings. The Morgan fingerprint density at radius 1 is 1.30 bits per heavy atom. The second kappa shape index (κ2) is 7.67. The summed E-state index contributed by atoms with van der Waals surface area (Å²) in [5.74, 6) is 0.802. The number of urea groups is 1. The zero-order chi connectivity index (χ0) is 19.7. The van der Waals surface area contributed by atoms with Gasteiger partial charge in [-0.05, 0) is 30.4 Å². The lowest BCUT2D eigenvalue weighted by Gasteiger charge is -2.39. The molecule has 0 bridgehead atoms. The van der Waals surface area contributed by atoms with E-state index < -0.39 is 15.4 Å². The quantitative estimate of drug-likeness (QED) is 0.798. The highest BCUT2D eigenvalue weighted by atomic mass is 32.2. The van der Waals surface area contributed by atoms with Crippen LogP contribution in [0.5, 0.6) is 5.75 Å². The molecule has 2 heterocycles. The molecular formula is C19H28N2O5S. The number of benzene rings is 1. The Morgan fingerprint density at radius 3 is 2.56 bits per heavy atom. The average molecular weight is 397 g/mol. The predicted molar refractivity (Wildman–Crippen MR) is 103 cm³/mol. The first-order valence-electron chi connectivity index (χ1n) is 9.31.